The van der Waals surface area contributed by atoms with E-state index in [0.717, 1.165) is 63.2 Å². The molecular weight excluding hydrogens is 665 g/mol. The van der Waals surface area contributed by atoms with Crippen LogP contribution in [0, 0.1) is 0 Å². The van der Waals surface area contributed by atoms with Crippen molar-refractivity contribution < 1.29 is 9.47 Å². The van der Waals surface area contributed by atoms with Crippen LogP contribution in [0.3, 0.4) is 0 Å². The van der Waals surface area contributed by atoms with E-state index in [9.17, 15) is 0 Å². The fourth-order valence-corrected chi connectivity index (χ4v) is 9.21. The van der Waals surface area contributed by atoms with E-state index in [1.165, 1.54) is 39.0 Å². The van der Waals surface area contributed by atoms with E-state index in [-0.39, 0.29) is 5.41 Å². The number of aromatic nitrogens is 2. The third kappa shape index (κ3) is 4.19. The molecule has 8 aromatic rings. The maximum Gasteiger partial charge on any atom is 0.137 e. The van der Waals surface area contributed by atoms with Gasteiger partial charge < -0.3 is 19.3 Å². The van der Waals surface area contributed by atoms with Crippen molar-refractivity contribution in [3.63, 3.8) is 0 Å². The lowest BCUT2D eigenvalue weighted by Gasteiger charge is -2.47. The van der Waals surface area contributed by atoms with E-state index in [0.29, 0.717) is 0 Å². The number of benzene rings is 6. The van der Waals surface area contributed by atoms with Crippen molar-refractivity contribution in [1.29, 1.82) is 0 Å². The summed E-state index contributed by atoms with van der Waals surface area (Å²) in [6.45, 7) is 7.58. The zero-order valence-electron chi connectivity index (χ0n) is 30.7. The lowest BCUT2D eigenvalue weighted by molar-refractivity contribution is 0.432. The predicted molar refractivity (Wildman–Crippen MR) is 218 cm³/mol. The van der Waals surface area contributed by atoms with Crippen LogP contribution in [0.15, 0.2) is 146 Å². The molecule has 6 aromatic carbocycles. The molecule has 0 N–H and O–H groups in total. The Hall–Kier alpha value is -6.53. The number of hydrogen-bond acceptors (Lipinski definition) is 5. The Morgan fingerprint density at radius 3 is 2.26 bits per heavy atom. The maximum atomic E-state index is 6.84. The molecule has 1 spiro atoms. The lowest BCUT2D eigenvalue weighted by Crippen LogP contribution is -2.40. The van der Waals surface area contributed by atoms with Gasteiger partial charge in [-0.1, -0.05) is 87.5 Å². The molecule has 3 aliphatic heterocycles. The summed E-state index contributed by atoms with van der Waals surface area (Å²) in [7, 11) is 2.18. The molecule has 0 fully saturated rings. The Labute approximate surface area is 314 Å². The standard InChI is InChI=1S/C48H38N4O2/c1-47(2,3)30-19-24-44-38(26-30)48(36-13-6-8-17-43(36)54-44)35-23-21-32(28-42(35)51-29-50(4)40-16-11-14-37(48)46(40)51)53-31-20-22-34-33-12-5-7-15-39(33)52(41(34)27-31)45-18-9-10-25-49-45/h5-28H,29H2,1-4H3. The second kappa shape index (κ2) is 11.0. The molecule has 5 heterocycles. The number of hydrogen-bond donors (Lipinski definition) is 0. The summed E-state index contributed by atoms with van der Waals surface area (Å²) in [4.78, 5) is 9.53. The molecule has 0 saturated carbocycles. The van der Waals surface area contributed by atoms with Crippen LogP contribution in [-0.4, -0.2) is 23.3 Å². The van der Waals surface area contributed by atoms with Gasteiger partial charge in [0.2, 0.25) is 0 Å². The molecule has 6 nitrogen and oxygen atoms in total. The smallest absolute Gasteiger partial charge is 0.137 e. The minimum atomic E-state index is -0.616. The number of fused-ring (bicyclic) bond motifs is 11. The van der Waals surface area contributed by atoms with Gasteiger partial charge in [-0.2, -0.15) is 0 Å². The summed E-state index contributed by atoms with van der Waals surface area (Å²) in [6.07, 6.45) is 1.84. The topological polar surface area (TPSA) is 42.8 Å². The first-order valence-electron chi connectivity index (χ1n) is 18.6. The number of pyridine rings is 1. The van der Waals surface area contributed by atoms with Gasteiger partial charge in [-0.25, -0.2) is 4.98 Å². The van der Waals surface area contributed by atoms with Crippen molar-refractivity contribution in [3.8, 4) is 28.8 Å². The van der Waals surface area contributed by atoms with Crippen LogP contribution in [0.5, 0.6) is 23.0 Å². The Bertz CT molecular complexity index is 2830. The van der Waals surface area contributed by atoms with Crippen LogP contribution in [0.4, 0.5) is 17.1 Å². The van der Waals surface area contributed by atoms with Crippen LogP contribution >= 0.6 is 0 Å². The molecule has 3 aliphatic rings. The molecule has 2 aromatic heterocycles. The monoisotopic (exact) mass is 702 g/mol. The summed E-state index contributed by atoms with van der Waals surface area (Å²) >= 11 is 0. The van der Waals surface area contributed by atoms with Crippen molar-refractivity contribution >= 4 is 38.9 Å². The third-order valence-electron chi connectivity index (χ3n) is 11.6. The second-order valence-corrected chi connectivity index (χ2v) is 15.8. The number of para-hydroxylation sites is 3. The highest BCUT2D eigenvalue weighted by molar-refractivity contribution is 6.09. The van der Waals surface area contributed by atoms with E-state index in [1.54, 1.807) is 0 Å². The van der Waals surface area contributed by atoms with Crippen molar-refractivity contribution in [3.05, 3.63) is 174 Å². The Balaban J connectivity index is 1.13. The molecule has 0 aliphatic carbocycles. The second-order valence-electron chi connectivity index (χ2n) is 15.8. The van der Waals surface area contributed by atoms with Gasteiger partial charge >= 0.3 is 0 Å². The first kappa shape index (κ1) is 31.0. The molecule has 0 saturated heterocycles. The molecule has 6 heteroatoms. The molecule has 11 rings (SSSR count). The van der Waals surface area contributed by atoms with E-state index >= 15 is 0 Å². The van der Waals surface area contributed by atoms with Gasteiger partial charge in [-0.3, -0.25) is 4.57 Å². The quantitative estimate of drug-likeness (QED) is 0.183. The molecule has 0 radical (unpaired) electrons. The third-order valence-corrected chi connectivity index (χ3v) is 11.6. The molecule has 0 amide bonds. The van der Waals surface area contributed by atoms with Gasteiger partial charge in [0.1, 0.15) is 28.8 Å². The number of anilines is 3. The number of rotatable bonds is 3. The summed E-state index contributed by atoms with van der Waals surface area (Å²) in [5.41, 5.74) is 11.1. The largest absolute Gasteiger partial charge is 0.457 e. The Kier molecular flexibility index (Phi) is 6.32. The Morgan fingerprint density at radius 2 is 1.39 bits per heavy atom. The lowest BCUT2D eigenvalue weighted by atomic mass is 9.60. The van der Waals surface area contributed by atoms with Crippen molar-refractivity contribution in [2.24, 2.45) is 0 Å². The van der Waals surface area contributed by atoms with E-state index in [4.69, 9.17) is 14.5 Å². The highest BCUT2D eigenvalue weighted by atomic mass is 16.5. The van der Waals surface area contributed by atoms with Crippen LogP contribution in [0.25, 0.3) is 27.6 Å². The summed E-state index contributed by atoms with van der Waals surface area (Å²) < 4.78 is 15.8. The van der Waals surface area contributed by atoms with Crippen LogP contribution < -0.4 is 19.3 Å². The van der Waals surface area contributed by atoms with Crippen LogP contribution in [0.2, 0.25) is 0 Å². The van der Waals surface area contributed by atoms with Gasteiger partial charge in [0.05, 0.1) is 40.2 Å². The maximum absolute atomic E-state index is 6.84. The minimum Gasteiger partial charge on any atom is -0.457 e. The van der Waals surface area contributed by atoms with Crippen LogP contribution in [-0.2, 0) is 10.8 Å². The van der Waals surface area contributed by atoms with Crippen molar-refractivity contribution in [2.75, 3.05) is 23.5 Å². The normalized spacial score (nSPS) is 16.6. The highest BCUT2D eigenvalue weighted by Gasteiger charge is 2.53. The fraction of sp³-hybridized carbons (Fsp3) is 0.146. The minimum absolute atomic E-state index is 0.0450. The van der Waals surface area contributed by atoms with Gasteiger partial charge in [0, 0.05) is 47.3 Å². The summed E-state index contributed by atoms with van der Waals surface area (Å²) in [5.74, 6) is 4.20. The van der Waals surface area contributed by atoms with Crippen molar-refractivity contribution in [1.82, 2.24) is 9.55 Å². The molecule has 1 unspecified atom stereocenters. The first-order valence-corrected chi connectivity index (χ1v) is 18.6. The van der Waals surface area contributed by atoms with E-state index < -0.39 is 5.41 Å². The molecule has 0 bridgehead atoms. The zero-order chi connectivity index (χ0) is 36.3. The fourth-order valence-electron chi connectivity index (χ4n) is 9.21. The average Bonchev–Trinajstić information content (AvgIpc) is 3.71. The van der Waals surface area contributed by atoms with Gasteiger partial charge in [-0.05, 0) is 82.8 Å². The predicted octanol–water partition coefficient (Wildman–Crippen LogP) is 11.6. The molecule has 262 valence electrons. The summed E-state index contributed by atoms with van der Waals surface area (Å²) in [5, 5.41) is 2.34. The summed E-state index contributed by atoms with van der Waals surface area (Å²) in [6, 6.07) is 49.7. The zero-order valence-corrected chi connectivity index (χ0v) is 30.7. The van der Waals surface area contributed by atoms with Gasteiger partial charge in [0.25, 0.3) is 0 Å². The van der Waals surface area contributed by atoms with E-state index in [2.05, 4.69) is 170 Å². The number of nitrogens with zero attached hydrogens (tertiary/aromatic N) is 4. The SMILES string of the molecule is CN1CN2c3cc(Oc4ccc5c6ccccc6n(-c6ccccn6)c5c4)ccc3C3(c4ccccc4Oc4ccc(C(C)(C)C)cc43)c3cccc1c32. The molecule has 54 heavy (non-hydrogen) atoms. The first-order chi connectivity index (χ1) is 26.3. The highest BCUT2D eigenvalue weighted by Crippen LogP contribution is 2.64. The average molecular weight is 703 g/mol. The van der Waals surface area contributed by atoms with Gasteiger partial charge in [-0.15, -0.1) is 0 Å². The number of ether oxygens (including phenoxy) is 2. The van der Waals surface area contributed by atoms with Crippen molar-refractivity contribution in [2.45, 2.75) is 31.6 Å². The van der Waals surface area contributed by atoms with Gasteiger partial charge in [0.15, 0.2) is 0 Å². The van der Waals surface area contributed by atoms with E-state index in [1.807, 2.05) is 18.3 Å². The van der Waals surface area contributed by atoms with Crippen LogP contribution in [0.1, 0.15) is 48.6 Å². The molecule has 1 atom stereocenters. The molecular formula is C48H38N4O2. The Morgan fingerprint density at radius 1 is 0.630 bits per heavy atom.